The highest BCUT2D eigenvalue weighted by molar-refractivity contribution is 6.14. The van der Waals surface area contributed by atoms with Gasteiger partial charge in [-0.1, -0.05) is 69.5 Å². The first-order chi connectivity index (χ1) is 25.9. The van der Waals surface area contributed by atoms with Crippen LogP contribution < -0.4 is 10.4 Å². The molecule has 1 aromatic rings. The molecule has 0 spiro atoms. The monoisotopic (exact) mass is 775 g/mol. The van der Waals surface area contributed by atoms with E-state index in [0.717, 1.165) is 52.1 Å². The largest absolute Gasteiger partial charge is 0.466 e. The van der Waals surface area contributed by atoms with Gasteiger partial charge in [0.1, 0.15) is 5.92 Å². The van der Waals surface area contributed by atoms with E-state index in [0.29, 0.717) is 18.7 Å². The lowest BCUT2D eigenvalue weighted by atomic mass is 10.0. The second-order valence-electron chi connectivity index (χ2n) is 9.56. The van der Waals surface area contributed by atoms with Crippen molar-refractivity contribution in [3.63, 3.8) is 0 Å². The van der Waals surface area contributed by atoms with Crippen LogP contribution in [0, 0.1) is 5.92 Å². The molecule has 12 nitrogen and oxygen atoms in total. The number of anilines is 1. The molecule has 2 rings (SSSR count). The molecule has 1 aliphatic heterocycles. The van der Waals surface area contributed by atoms with Gasteiger partial charge in [0, 0.05) is 33.4 Å². The fraction of sp³-hybridized carbons (Fsp3) is 0.595. The molecule has 1 aliphatic rings. The van der Waals surface area contributed by atoms with Crippen molar-refractivity contribution >= 4 is 23.5 Å². The highest BCUT2D eigenvalue weighted by Crippen LogP contribution is 2.22. The zero-order valence-corrected chi connectivity index (χ0v) is 35.8. The Balaban J connectivity index is -0.0000000812. The zero-order valence-electron chi connectivity index (χ0n) is 35.8. The molecule has 1 heterocycles. The van der Waals surface area contributed by atoms with E-state index < -0.39 is 5.92 Å². The number of carbonyl (C=O) groups is 3. The minimum absolute atomic E-state index is 0.125. The fourth-order valence-electron chi connectivity index (χ4n) is 2.71. The van der Waals surface area contributed by atoms with E-state index >= 15 is 0 Å². The maximum Gasteiger partial charge on any atom is 0.302 e. The van der Waals surface area contributed by atoms with Gasteiger partial charge < -0.3 is 34.6 Å². The maximum absolute atomic E-state index is 12.1. The molecule has 5 N–H and O–H groups in total. The van der Waals surface area contributed by atoms with Gasteiger partial charge in [0.25, 0.3) is 11.8 Å². The average molecular weight is 775 g/mol. The number of esters is 1. The second kappa shape index (κ2) is 70.9. The third-order valence-corrected chi connectivity index (χ3v) is 4.74. The number of aliphatic hydroxyl groups is 4. The van der Waals surface area contributed by atoms with Gasteiger partial charge in [0.05, 0.1) is 38.7 Å². The number of nitrogens with zero attached hydrogens (tertiary/aromatic N) is 1. The van der Waals surface area contributed by atoms with Crippen LogP contribution in [0.3, 0.4) is 0 Å². The van der Waals surface area contributed by atoms with Crippen molar-refractivity contribution in [1.29, 1.82) is 0 Å². The molecular weight excluding hydrogens is 692 g/mol. The Hall–Kier alpha value is -3.65. The number of hydrogen-bond donors (Lipinski definition) is 5. The standard InChI is InChI=1S/C13H16N2O2.C6H12O2.2C4H10O.3C3H6.2C2H6O2.C2H4/c1-2-3-9-11-12(16)14-15(13(11)17)10-7-5-4-6-8-10;1-3-4-5-8-6(2)7;2*1-3-5-4-2;3*1-3-2;2*3-1-2-4;1-2/h4-8,11H,2-3,9H2,1H3,(H,14,16);3-5H2,1-2H3;2*3-4H2,1-2H3;3*3H,1H2,2H3;2*3-4H,1-2H2;1-2H2. The summed E-state index contributed by atoms with van der Waals surface area (Å²) in [6.07, 6.45) is 9.81. The predicted molar refractivity (Wildman–Crippen MR) is 228 cm³/mol. The minimum atomic E-state index is -0.518. The van der Waals surface area contributed by atoms with Gasteiger partial charge in [-0.25, -0.2) is 5.01 Å². The number of aliphatic hydroxyl groups excluding tert-OH is 4. The Morgan fingerprint density at radius 1 is 0.722 bits per heavy atom. The lowest BCUT2D eigenvalue weighted by molar-refractivity contribution is -0.141. The van der Waals surface area contributed by atoms with Crippen LogP contribution in [0.4, 0.5) is 5.69 Å². The molecular formula is C42H82N2O10. The smallest absolute Gasteiger partial charge is 0.302 e. The summed E-state index contributed by atoms with van der Waals surface area (Å²) in [7, 11) is 0. The molecule has 0 bridgehead atoms. The highest BCUT2D eigenvalue weighted by atomic mass is 16.5. The molecule has 0 radical (unpaired) electrons. The maximum atomic E-state index is 12.1. The number of rotatable bonds is 13. The summed E-state index contributed by atoms with van der Waals surface area (Å²) in [4.78, 5) is 33.9. The third-order valence-electron chi connectivity index (χ3n) is 4.74. The van der Waals surface area contributed by atoms with E-state index in [4.69, 9.17) is 29.9 Å². The van der Waals surface area contributed by atoms with Gasteiger partial charge in [-0.3, -0.25) is 19.8 Å². The number of benzene rings is 1. The Morgan fingerprint density at radius 3 is 1.33 bits per heavy atom. The number of nitrogens with one attached hydrogen (secondary N) is 1. The molecule has 54 heavy (non-hydrogen) atoms. The van der Waals surface area contributed by atoms with Crippen LogP contribution in [-0.2, 0) is 28.6 Å². The topological polar surface area (TPSA) is 175 Å². The summed E-state index contributed by atoms with van der Waals surface area (Å²) >= 11 is 0. The van der Waals surface area contributed by atoms with Crippen LogP contribution in [0.5, 0.6) is 0 Å². The van der Waals surface area contributed by atoms with E-state index in [1.807, 2.05) is 73.6 Å². The van der Waals surface area contributed by atoms with Gasteiger partial charge in [-0.05, 0) is 73.4 Å². The number of allylic oxidation sites excluding steroid dienone is 3. The first-order valence-corrected chi connectivity index (χ1v) is 18.5. The van der Waals surface area contributed by atoms with Crippen molar-refractivity contribution < 1.29 is 49.0 Å². The number of hydrogen-bond acceptors (Lipinski definition) is 10. The zero-order chi connectivity index (χ0) is 43.8. The molecule has 1 atom stereocenters. The predicted octanol–water partition coefficient (Wildman–Crippen LogP) is 7.63. The Bertz CT molecular complexity index is 840. The first-order valence-electron chi connectivity index (χ1n) is 18.5. The van der Waals surface area contributed by atoms with Crippen molar-refractivity contribution in [3.8, 4) is 0 Å². The highest BCUT2D eigenvalue weighted by Gasteiger charge is 2.39. The molecule has 1 unspecified atom stereocenters. The summed E-state index contributed by atoms with van der Waals surface area (Å²) in [5.74, 6) is -1.03. The Kier molecular flexibility index (Phi) is 89.7. The van der Waals surface area contributed by atoms with E-state index in [1.165, 1.54) is 11.9 Å². The summed E-state index contributed by atoms with van der Waals surface area (Å²) in [5, 5.41) is 31.8. The van der Waals surface area contributed by atoms with Crippen LogP contribution >= 0.6 is 0 Å². The van der Waals surface area contributed by atoms with Crippen LogP contribution in [-0.4, -0.2) is 97.7 Å². The number of carbonyl (C=O) groups excluding carboxylic acids is 3. The van der Waals surface area contributed by atoms with Crippen molar-refractivity contribution in [2.75, 3.05) is 64.5 Å². The number of amides is 2. The average Bonchev–Trinajstić information content (AvgIpc) is 3.46. The van der Waals surface area contributed by atoms with E-state index in [9.17, 15) is 14.4 Å². The molecule has 1 fully saturated rings. The van der Waals surface area contributed by atoms with Crippen LogP contribution in [0.1, 0.15) is 101 Å². The molecule has 1 saturated heterocycles. The Labute approximate surface area is 330 Å². The number of unbranched alkanes of at least 4 members (excludes halogenated alkanes) is 2. The van der Waals surface area contributed by atoms with Gasteiger partial charge in [-0.15, -0.1) is 32.9 Å². The fourth-order valence-corrected chi connectivity index (χ4v) is 2.71. The molecule has 12 heteroatoms. The second-order valence-corrected chi connectivity index (χ2v) is 9.56. The van der Waals surface area contributed by atoms with Crippen LogP contribution in [0.15, 0.2) is 81.5 Å². The molecule has 1 aromatic carbocycles. The molecule has 320 valence electrons. The number of ether oxygens (including phenoxy) is 3. The third kappa shape index (κ3) is 70.0. The van der Waals surface area contributed by atoms with Gasteiger partial charge in [0.15, 0.2) is 0 Å². The SMILES string of the molecule is C=C.C=CC.C=CC.C=CC.CCCCC1C(=O)NN(c2ccccc2)C1=O.CCCCOC(C)=O.CCOCC.CCOCC.OCCO.OCCO. The molecule has 0 aliphatic carbocycles. The van der Waals surface area contributed by atoms with Crippen molar-refractivity contribution in [3.05, 3.63) is 81.5 Å². The molecule has 0 aromatic heterocycles. The van der Waals surface area contributed by atoms with E-state index in [1.54, 1.807) is 30.4 Å². The summed E-state index contributed by atoms with van der Waals surface area (Å²) in [6.45, 7) is 38.7. The lowest BCUT2D eigenvalue weighted by Gasteiger charge is -2.14. The van der Waals surface area contributed by atoms with Crippen molar-refractivity contribution in [1.82, 2.24) is 5.43 Å². The van der Waals surface area contributed by atoms with Gasteiger partial charge >= 0.3 is 5.97 Å². The minimum Gasteiger partial charge on any atom is -0.466 e. The number of para-hydroxylation sites is 1. The van der Waals surface area contributed by atoms with Crippen molar-refractivity contribution in [2.24, 2.45) is 5.92 Å². The summed E-state index contributed by atoms with van der Waals surface area (Å²) < 4.78 is 14.3. The Morgan fingerprint density at radius 2 is 1.07 bits per heavy atom. The van der Waals surface area contributed by atoms with Crippen molar-refractivity contribution in [2.45, 2.75) is 101 Å². The van der Waals surface area contributed by atoms with Gasteiger partial charge in [-0.2, -0.15) is 0 Å². The quantitative estimate of drug-likeness (QED) is 0.0580. The summed E-state index contributed by atoms with van der Waals surface area (Å²) in [5.41, 5.74) is 3.34. The van der Waals surface area contributed by atoms with Crippen LogP contribution in [0.25, 0.3) is 0 Å². The van der Waals surface area contributed by atoms with Gasteiger partial charge in [0.2, 0.25) is 0 Å². The first kappa shape index (κ1) is 68.4. The molecule has 0 saturated carbocycles. The lowest BCUT2D eigenvalue weighted by Crippen LogP contribution is -2.35. The summed E-state index contributed by atoms with van der Waals surface area (Å²) in [6, 6.07) is 9.17. The van der Waals surface area contributed by atoms with E-state index in [-0.39, 0.29) is 44.2 Å². The molecule has 2 amide bonds. The number of hydrazine groups is 1. The van der Waals surface area contributed by atoms with Crippen LogP contribution in [0.2, 0.25) is 0 Å². The normalized spacial score (nSPS) is 10.9. The van der Waals surface area contributed by atoms with E-state index in [2.05, 4.69) is 50.0 Å².